The summed E-state index contributed by atoms with van der Waals surface area (Å²) in [6.07, 6.45) is 5.44. The molecule has 0 spiro atoms. The van der Waals surface area contributed by atoms with Crippen LogP contribution >= 0.6 is 11.8 Å². The Balaban J connectivity index is 1.57. The van der Waals surface area contributed by atoms with Gasteiger partial charge in [0.2, 0.25) is 6.41 Å². The average Bonchev–Trinajstić information content (AvgIpc) is 3.42. The fourth-order valence-electron chi connectivity index (χ4n) is 4.58. The van der Waals surface area contributed by atoms with E-state index in [4.69, 9.17) is 0 Å². The number of allylic oxidation sites excluding steroid dienone is 1. The van der Waals surface area contributed by atoms with Gasteiger partial charge < -0.3 is 15.1 Å². The van der Waals surface area contributed by atoms with E-state index in [2.05, 4.69) is 41.4 Å². The van der Waals surface area contributed by atoms with Gasteiger partial charge in [-0.2, -0.15) is 0 Å². The molecule has 1 N–H and O–H groups in total. The Morgan fingerprint density at radius 3 is 2.54 bits per heavy atom. The van der Waals surface area contributed by atoms with Gasteiger partial charge in [-0.1, -0.05) is 71.9 Å². The molecule has 0 atom stereocenters. The first-order chi connectivity index (χ1) is 18.0. The molecule has 3 aromatic rings. The van der Waals surface area contributed by atoms with Gasteiger partial charge in [-0.3, -0.25) is 9.59 Å². The highest BCUT2D eigenvalue weighted by molar-refractivity contribution is 8.03. The van der Waals surface area contributed by atoms with Crippen molar-refractivity contribution < 1.29 is 9.59 Å². The molecule has 1 saturated heterocycles. The summed E-state index contributed by atoms with van der Waals surface area (Å²) in [5.74, 6) is -0.116. The summed E-state index contributed by atoms with van der Waals surface area (Å²) >= 11 is 1.60. The Kier molecular flexibility index (Phi) is 9.58. The Bertz CT molecular complexity index is 1240. The highest BCUT2D eigenvalue weighted by atomic mass is 32.2. The van der Waals surface area contributed by atoms with Crippen LogP contribution in [-0.2, 0) is 11.3 Å². The fourth-order valence-corrected chi connectivity index (χ4v) is 5.54. The van der Waals surface area contributed by atoms with Crippen molar-refractivity contribution in [1.29, 1.82) is 0 Å². The summed E-state index contributed by atoms with van der Waals surface area (Å²) in [6.45, 7) is 8.23. The molecule has 192 valence electrons. The molecule has 1 fully saturated rings. The summed E-state index contributed by atoms with van der Waals surface area (Å²) < 4.78 is 0. The van der Waals surface area contributed by atoms with Crippen molar-refractivity contribution in [2.24, 2.45) is 0 Å². The van der Waals surface area contributed by atoms with Crippen molar-refractivity contribution in [2.75, 3.05) is 31.1 Å². The van der Waals surface area contributed by atoms with Gasteiger partial charge in [0.25, 0.3) is 5.91 Å². The topological polar surface area (TPSA) is 52.7 Å². The molecule has 0 aromatic heterocycles. The van der Waals surface area contributed by atoms with Crippen LogP contribution in [0.5, 0.6) is 0 Å². The molecule has 3 aromatic carbocycles. The van der Waals surface area contributed by atoms with E-state index in [0.29, 0.717) is 18.7 Å². The average molecular weight is 514 g/mol. The second-order valence-electron chi connectivity index (χ2n) is 9.48. The lowest BCUT2D eigenvalue weighted by Crippen LogP contribution is -2.33. The second kappa shape index (κ2) is 13.3. The van der Waals surface area contributed by atoms with Crippen molar-refractivity contribution in [3.8, 4) is 0 Å². The summed E-state index contributed by atoms with van der Waals surface area (Å²) in [5.41, 5.74) is 4.59. The zero-order valence-electron chi connectivity index (χ0n) is 21.7. The standard InChI is InChI=1S/C31H35N3O2S/c1-24-9-8-12-27(19-24)22-34(23-35)29-21-28(31(36)32-15-18-33-16-6-7-17-33)13-14-30(29)37-25(2)20-26-10-4-3-5-11-26/h3-5,8-14,19-21,23H,6-7,15-18,22H2,1-2H3,(H,32,36)/b25-20-. The van der Waals surface area contributed by atoms with E-state index in [1.54, 1.807) is 16.7 Å². The summed E-state index contributed by atoms with van der Waals surface area (Å²) in [5, 5.41) is 3.05. The van der Waals surface area contributed by atoms with Crippen molar-refractivity contribution >= 4 is 35.8 Å². The molecule has 0 bridgehead atoms. The van der Waals surface area contributed by atoms with Gasteiger partial charge in [0.1, 0.15) is 0 Å². The quantitative estimate of drug-likeness (QED) is 0.247. The van der Waals surface area contributed by atoms with E-state index in [9.17, 15) is 9.59 Å². The molecule has 5 nitrogen and oxygen atoms in total. The number of carbonyl (C=O) groups is 2. The van der Waals surface area contributed by atoms with Crippen molar-refractivity contribution in [3.63, 3.8) is 0 Å². The molecular weight excluding hydrogens is 478 g/mol. The maximum atomic E-state index is 13.0. The van der Waals surface area contributed by atoms with Gasteiger partial charge in [0.15, 0.2) is 0 Å². The first-order valence-electron chi connectivity index (χ1n) is 12.8. The molecule has 1 heterocycles. The lowest BCUT2D eigenvalue weighted by Gasteiger charge is -2.22. The molecule has 0 unspecified atom stereocenters. The minimum atomic E-state index is -0.116. The number of nitrogens with zero attached hydrogens (tertiary/aromatic N) is 2. The highest BCUT2D eigenvalue weighted by Gasteiger charge is 2.17. The molecule has 0 aliphatic carbocycles. The SMILES string of the molecule is C/C(=C/c1ccccc1)Sc1ccc(C(=O)NCCN2CCCC2)cc1N(C=O)Cc1cccc(C)c1. The third-order valence-electron chi connectivity index (χ3n) is 6.45. The number of likely N-dealkylation sites (tertiary alicyclic amines) is 1. The predicted molar refractivity (Wildman–Crippen MR) is 154 cm³/mol. The van der Waals surface area contributed by atoms with E-state index < -0.39 is 0 Å². The van der Waals surface area contributed by atoms with E-state index in [1.807, 2.05) is 61.5 Å². The van der Waals surface area contributed by atoms with E-state index >= 15 is 0 Å². The van der Waals surface area contributed by atoms with E-state index in [1.165, 1.54) is 12.8 Å². The number of nitrogens with one attached hydrogen (secondary N) is 1. The van der Waals surface area contributed by atoms with Gasteiger partial charge in [-0.05, 0) is 80.1 Å². The van der Waals surface area contributed by atoms with E-state index in [0.717, 1.165) is 58.2 Å². The van der Waals surface area contributed by atoms with Gasteiger partial charge in [-0.25, -0.2) is 0 Å². The molecule has 0 radical (unpaired) electrons. The normalized spacial score (nSPS) is 13.9. The van der Waals surface area contributed by atoms with Crippen molar-refractivity contribution in [3.05, 3.63) is 100.0 Å². The number of benzene rings is 3. The van der Waals surface area contributed by atoms with Crippen LogP contribution in [0.25, 0.3) is 6.08 Å². The molecule has 1 aliphatic heterocycles. The van der Waals surface area contributed by atoms with Crippen molar-refractivity contribution in [2.45, 2.75) is 38.1 Å². The number of carbonyl (C=O) groups excluding carboxylic acids is 2. The van der Waals surface area contributed by atoms with E-state index in [-0.39, 0.29) is 5.91 Å². The fraction of sp³-hybridized carbons (Fsp3) is 0.290. The molecular formula is C31H35N3O2S. The van der Waals surface area contributed by atoms with Gasteiger partial charge in [0.05, 0.1) is 12.2 Å². The summed E-state index contributed by atoms with van der Waals surface area (Å²) in [4.78, 5) is 31.4. The number of hydrogen-bond acceptors (Lipinski definition) is 4. The van der Waals surface area contributed by atoms with Crippen molar-refractivity contribution in [1.82, 2.24) is 10.2 Å². The Labute approximate surface area is 224 Å². The lowest BCUT2D eigenvalue weighted by atomic mass is 10.1. The van der Waals surface area contributed by atoms with Crippen LogP contribution < -0.4 is 10.2 Å². The third-order valence-corrected chi connectivity index (χ3v) is 7.45. The van der Waals surface area contributed by atoms with Crippen LogP contribution in [0.2, 0.25) is 0 Å². The van der Waals surface area contributed by atoms with Crippen LogP contribution in [0.4, 0.5) is 5.69 Å². The minimum absolute atomic E-state index is 0.116. The minimum Gasteiger partial charge on any atom is -0.351 e. The second-order valence-corrected chi connectivity index (χ2v) is 10.8. The summed E-state index contributed by atoms with van der Waals surface area (Å²) in [6, 6.07) is 23.9. The molecule has 2 amide bonds. The van der Waals surface area contributed by atoms with Gasteiger partial charge in [0, 0.05) is 23.5 Å². The Hall–Kier alpha value is -3.35. The number of anilines is 1. The molecule has 37 heavy (non-hydrogen) atoms. The van der Waals surface area contributed by atoms with Crippen LogP contribution in [0.3, 0.4) is 0 Å². The molecule has 1 aliphatic rings. The zero-order valence-corrected chi connectivity index (χ0v) is 22.5. The lowest BCUT2D eigenvalue weighted by molar-refractivity contribution is -0.107. The van der Waals surface area contributed by atoms with Crippen LogP contribution in [0, 0.1) is 6.92 Å². The van der Waals surface area contributed by atoms with Crippen LogP contribution in [0.1, 0.15) is 46.8 Å². The molecule has 0 saturated carbocycles. The number of hydrogen-bond donors (Lipinski definition) is 1. The van der Waals surface area contributed by atoms with Gasteiger partial charge in [-0.15, -0.1) is 0 Å². The summed E-state index contributed by atoms with van der Waals surface area (Å²) in [7, 11) is 0. The smallest absolute Gasteiger partial charge is 0.251 e. The number of rotatable bonds is 11. The third kappa shape index (κ3) is 7.81. The first kappa shape index (κ1) is 26.7. The highest BCUT2D eigenvalue weighted by Crippen LogP contribution is 2.36. The maximum absolute atomic E-state index is 13.0. The molecule has 6 heteroatoms. The van der Waals surface area contributed by atoms with Gasteiger partial charge >= 0.3 is 0 Å². The molecule has 4 rings (SSSR count). The number of aryl methyl sites for hydroxylation is 1. The first-order valence-corrected chi connectivity index (χ1v) is 13.7. The Morgan fingerprint density at radius 1 is 1.03 bits per heavy atom. The number of thioether (sulfide) groups is 1. The van der Waals surface area contributed by atoms with Crippen LogP contribution in [0.15, 0.2) is 82.6 Å². The monoisotopic (exact) mass is 513 g/mol. The number of amides is 2. The predicted octanol–water partition coefficient (Wildman–Crippen LogP) is 6.14. The Morgan fingerprint density at radius 2 is 1.81 bits per heavy atom. The zero-order chi connectivity index (χ0) is 26.0. The largest absolute Gasteiger partial charge is 0.351 e. The van der Waals surface area contributed by atoms with Crippen LogP contribution in [-0.4, -0.2) is 43.4 Å². The maximum Gasteiger partial charge on any atom is 0.251 e.